The van der Waals surface area contributed by atoms with Crippen molar-refractivity contribution in [1.29, 1.82) is 0 Å². The van der Waals surface area contributed by atoms with Gasteiger partial charge in [-0.25, -0.2) is 0 Å². The van der Waals surface area contributed by atoms with Gasteiger partial charge in [-0.15, -0.1) is 0 Å². The highest BCUT2D eigenvalue weighted by molar-refractivity contribution is 5.36. The van der Waals surface area contributed by atoms with E-state index >= 15 is 0 Å². The van der Waals surface area contributed by atoms with Crippen molar-refractivity contribution < 1.29 is 10.2 Å². The first kappa shape index (κ1) is 8.53. The van der Waals surface area contributed by atoms with Crippen molar-refractivity contribution in [3.63, 3.8) is 0 Å². The Labute approximate surface area is 76.8 Å². The number of hydrogen-bond donors (Lipinski definition) is 3. The van der Waals surface area contributed by atoms with Crippen molar-refractivity contribution in [3.8, 4) is 5.75 Å². The highest BCUT2D eigenvalue weighted by Crippen LogP contribution is 2.49. The van der Waals surface area contributed by atoms with Crippen LogP contribution in [0.3, 0.4) is 0 Å². The van der Waals surface area contributed by atoms with Crippen LogP contribution >= 0.6 is 0 Å². The summed E-state index contributed by atoms with van der Waals surface area (Å²) in [5, 5.41) is 18.0. The zero-order valence-corrected chi connectivity index (χ0v) is 7.27. The van der Waals surface area contributed by atoms with Gasteiger partial charge >= 0.3 is 0 Å². The Hall–Kier alpha value is -1.06. The average Bonchev–Trinajstić information content (AvgIpc) is 2.81. The van der Waals surface area contributed by atoms with E-state index in [2.05, 4.69) is 0 Å². The van der Waals surface area contributed by atoms with Crippen LogP contribution in [-0.4, -0.2) is 22.4 Å². The standard InChI is InChI=1S/C10H13NO2/c11-10(6-12)5-9(10)7-1-3-8(13)4-2-7/h1-4,9,12-13H,5-6,11H2. The fourth-order valence-corrected chi connectivity index (χ4v) is 1.65. The van der Waals surface area contributed by atoms with Crippen LogP contribution in [0.1, 0.15) is 17.9 Å². The first-order chi connectivity index (χ1) is 6.15. The predicted molar refractivity (Wildman–Crippen MR) is 49.5 cm³/mol. The number of rotatable bonds is 2. The summed E-state index contributed by atoms with van der Waals surface area (Å²) in [5.74, 6) is 0.508. The lowest BCUT2D eigenvalue weighted by Crippen LogP contribution is -2.28. The first-order valence-electron chi connectivity index (χ1n) is 4.34. The Balaban J connectivity index is 2.16. The summed E-state index contributed by atoms with van der Waals surface area (Å²) >= 11 is 0. The molecule has 0 saturated heterocycles. The van der Waals surface area contributed by atoms with Crippen LogP contribution in [0.4, 0.5) is 0 Å². The molecule has 2 atom stereocenters. The molecule has 0 bridgehead atoms. The van der Waals surface area contributed by atoms with Gasteiger partial charge in [0, 0.05) is 11.5 Å². The molecular weight excluding hydrogens is 166 g/mol. The molecule has 2 unspecified atom stereocenters. The largest absolute Gasteiger partial charge is 0.508 e. The van der Waals surface area contributed by atoms with Crippen LogP contribution in [0.5, 0.6) is 5.75 Å². The molecule has 3 nitrogen and oxygen atoms in total. The van der Waals surface area contributed by atoms with Crippen LogP contribution in [0, 0.1) is 0 Å². The molecule has 1 aromatic carbocycles. The van der Waals surface area contributed by atoms with Crippen LogP contribution in [0.15, 0.2) is 24.3 Å². The van der Waals surface area contributed by atoms with E-state index in [1.165, 1.54) is 0 Å². The molecule has 0 spiro atoms. The second kappa shape index (κ2) is 2.72. The molecule has 13 heavy (non-hydrogen) atoms. The zero-order chi connectivity index (χ0) is 9.47. The fraction of sp³-hybridized carbons (Fsp3) is 0.400. The number of aliphatic hydroxyl groups is 1. The Bertz CT molecular complexity index is 309. The molecule has 1 aromatic rings. The Morgan fingerprint density at radius 1 is 1.38 bits per heavy atom. The lowest BCUT2D eigenvalue weighted by Gasteiger charge is -2.06. The first-order valence-corrected chi connectivity index (χ1v) is 4.34. The van der Waals surface area contributed by atoms with E-state index < -0.39 is 5.54 Å². The maximum Gasteiger partial charge on any atom is 0.115 e. The number of nitrogens with two attached hydrogens (primary N) is 1. The van der Waals surface area contributed by atoms with E-state index in [0.29, 0.717) is 0 Å². The van der Waals surface area contributed by atoms with Crippen LogP contribution in [-0.2, 0) is 0 Å². The second-order valence-corrected chi connectivity index (χ2v) is 3.74. The third-order valence-electron chi connectivity index (χ3n) is 2.71. The average molecular weight is 179 g/mol. The molecule has 0 amide bonds. The monoisotopic (exact) mass is 179 g/mol. The van der Waals surface area contributed by atoms with Crippen molar-refractivity contribution in [3.05, 3.63) is 29.8 Å². The number of phenolic OH excluding ortho intramolecular Hbond substituents is 1. The maximum absolute atomic E-state index is 9.07. The maximum atomic E-state index is 9.07. The van der Waals surface area contributed by atoms with E-state index in [1.807, 2.05) is 12.1 Å². The number of aliphatic hydroxyl groups excluding tert-OH is 1. The summed E-state index contributed by atoms with van der Waals surface area (Å²) in [6.07, 6.45) is 0.828. The number of aromatic hydroxyl groups is 1. The normalized spacial score (nSPS) is 31.7. The van der Waals surface area contributed by atoms with Gasteiger partial charge in [-0.05, 0) is 24.1 Å². The molecule has 0 radical (unpaired) electrons. The van der Waals surface area contributed by atoms with Crippen molar-refractivity contribution in [2.24, 2.45) is 5.73 Å². The fourth-order valence-electron chi connectivity index (χ4n) is 1.65. The molecule has 3 heteroatoms. The van der Waals surface area contributed by atoms with Gasteiger partial charge in [0.1, 0.15) is 5.75 Å². The topological polar surface area (TPSA) is 66.5 Å². The van der Waals surface area contributed by atoms with E-state index in [9.17, 15) is 0 Å². The summed E-state index contributed by atoms with van der Waals surface area (Å²) in [6, 6.07) is 6.99. The summed E-state index contributed by atoms with van der Waals surface area (Å²) < 4.78 is 0. The molecule has 2 rings (SSSR count). The molecule has 0 aromatic heterocycles. The van der Waals surface area contributed by atoms with Gasteiger partial charge < -0.3 is 15.9 Å². The molecule has 4 N–H and O–H groups in total. The number of hydrogen-bond acceptors (Lipinski definition) is 3. The van der Waals surface area contributed by atoms with E-state index in [4.69, 9.17) is 15.9 Å². The van der Waals surface area contributed by atoms with Gasteiger partial charge in [-0.1, -0.05) is 12.1 Å². The van der Waals surface area contributed by atoms with Gasteiger partial charge in [0.05, 0.1) is 6.61 Å². The second-order valence-electron chi connectivity index (χ2n) is 3.74. The number of benzene rings is 1. The highest BCUT2D eigenvalue weighted by Gasteiger charge is 2.51. The minimum atomic E-state index is -0.420. The lowest BCUT2D eigenvalue weighted by molar-refractivity contribution is 0.253. The van der Waals surface area contributed by atoms with Crippen LogP contribution in [0.25, 0.3) is 0 Å². The quantitative estimate of drug-likeness (QED) is 0.621. The van der Waals surface area contributed by atoms with Crippen molar-refractivity contribution in [1.82, 2.24) is 0 Å². The third kappa shape index (κ3) is 1.41. The smallest absolute Gasteiger partial charge is 0.115 e. The van der Waals surface area contributed by atoms with Gasteiger partial charge in [0.25, 0.3) is 0 Å². The molecular formula is C10H13NO2. The molecule has 0 heterocycles. The SMILES string of the molecule is NC1(CO)CC1c1ccc(O)cc1. The third-order valence-corrected chi connectivity index (χ3v) is 2.71. The lowest BCUT2D eigenvalue weighted by atomic mass is 10.1. The van der Waals surface area contributed by atoms with Crippen molar-refractivity contribution in [2.45, 2.75) is 17.9 Å². The van der Waals surface area contributed by atoms with Gasteiger partial charge in [-0.2, -0.15) is 0 Å². The molecule has 1 aliphatic carbocycles. The van der Waals surface area contributed by atoms with E-state index in [1.54, 1.807) is 12.1 Å². The number of phenols is 1. The zero-order valence-electron chi connectivity index (χ0n) is 7.27. The summed E-state index contributed by atoms with van der Waals surface area (Å²) in [4.78, 5) is 0. The molecule has 1 saturated carbocycles. The highest BCUT2D eigenvalue weighted by atomic mass is 16.3. The Kier molecular flexibility index (Phi) is 1.78. The van der Waals surface area contributed by atoms with Gasteiger partial charge in [-0.3, -0.25) is 0 Å². The summed E-state index contributed by atoms with van der Waals surface area (Å²) in [6.45, 7) is 0.0263. The molecule has 70 valence electrons. The van der Waals surface area contributed by atoms with E-state index in [0.717, 1.165) is 12.0 Å². The Morgan fingerprint density at radius 3 is 2.46 bits per heavy atom. The van der Waals surface area contributed by atoms with Crippen LogP contribution in [0.2, 0.25) is 0 Å². The van der Waals surface area contributed by atoms with Crippen molar-refractivity contribution in [2.75, 3.05) is 6.61 Å². The summed E-state index contributed by atoms with van der Waals surface area (Å²) in [7, 11) is 0. The molecule has 0 aliphatic heterocycles. The molecule has 1 fully saturated rings. The van der Waals surface area contributed by atoms with Crippen molar-refractivity contribution >= 4 is 0 Å². The minimum Gasteiger partial charge on any atom is -0.508 e. The van der Waals surface area contributed by atoms with Gasteiger partial charge in [0.15, 0.2) is 0 Å². The Morgan fingerprint density at radius 2 is 2.00 bits per heavy atom. The summed E-state index contributed by atoms with van der Waals surface area (Å²) in [5.41, 5.74) is 6.52. The predicted octanol–water partition coefficient (Wildman–Crippen LogP) is 0.569. The minimum absolute atomic E-state index is 0.0263. The van der Waals surface area contributed by atoms with Crippen LogP contribution < -0.4 is 5.73 Å². The van der Waals surface area contributed by atoms with Gasteiger partial charge in [0.2, 0.25) is 0 Å². The van der Waals surface area contributed by atoms with E-state index in [-0.39, 0.29) is 18.3 Å². The molecule has 1 aliphatic rings.